The van der Waals surface area contributed by atoms with Crippen LogP contribution in [0.25, 0.3) is 77.2 Å². The van der Waals surface area contributed by atoms with Gasteiger partial charge in [0.25, 0.3) is 13.4 Å². The van der Waals surface area contributed by atoms with Gasteiger partial charge in [-0.1, -0.05) is 131 Å². The molecule has 11 aromatic rings. The van der Waals surface area contributed by atoms with Crippen LogP contribution in [0.2, 0.25) is 0 Å². The highest BCUT2D eigenvalue weighted by atomic mass is 16.5. The molecule has 9 aromatic carbocycles. The second-order valence-corrected chi connectivity index (χ2v) is 18.7. The van der Waals surface area contributed by atoms with Crippen LogP contribution in [-0.2, 0) is 0 Å². The van der Waals surface area contributed by atoms with E-state index in [-0.39, 0.29) is 13.4 Å². The fourth-order valence-electron chi connectivity index (χ4n) is 12.2. The number of nitrogens with zero attached hydrogens (tertiary/aromatic N) is 2. The molecule has 6 heteroatoms. The zero-order valence-electron chi connectivity index (χ0n) is 35.9. The number of fused-ring (bicyclic) bond motifs is 16. The summed E-state index contributed by atoms with van der Waals surface area (Å²) in [6.45, 7) is 8.68. The summed E-state index contributed by atoms with van der Waals surface area (Å²) in [5, 5.41) is 5.06. The third kappa shape index (κ3) is 4.35. The number of rotatable bonds is 2. The molecular weight excluding hydrogens is 778 g/mol. The summed E-state index contributed by atoms with van der Waals surface area (Å²) in [4.78, 5) is 0. The molecule has 0 unspecified atom stereocenters. The maximum atomic E-state index is 7.69. The summed E-state index contributed by atoms with van der Waals surface area (Å²) in [5.41, 5.74) is 23.8. The van der Waals surface area contributed by atoms with Crippen LogP contribution < -0.4 is 42.3 Å². The van der Waals surface area contributed by atoms with Crippen LogP contribution in [0.4, 0.5) is 0 Å². The summed E-state index contributed by atoms with van der Waals surface area (Å²) in [6.07, 6.45) is 0. The standard InChI is InChI=1S/C58H38B2N2O2/c1-31-15-21-47-39(23-31)41-25-33(3)27-45-53(41)61(47)55-51-58(64-49-29-37(17-19-43(49)59(45)51)35-11-7-5-8-12-35)56-52-57(55)63-50-30-38(36-13-9-6-10-14-36)18-20-44(50)60(52)46-28-34(4)26-42-40-24-32(2)16-22-48(40)62(56)54(42)46/h5-30H,1-4H3. The quantitative estimate of drug-likeness (QED) is 0.163. The van der Waals surface area contributed by atoms with E-state index in [2.05, 4.69) is 195 Å². The smallest absolute Gasteiger partial charge is 0.256 e. The first-order chi connectivity index (χ1) is 31.4. The Kier molecular flexibility index (Phi) is 6.57. The zero-order chi connectivity index (χ0) is 42.3. The maximum absolute atomic E-state index is 7.69. The van der Waals surface area contributed by atoms with Gasteiger partial charge < -0.3 is 18.6 Å². The van der Waals surface area contributed by atoms with Gasteiger partial charge in [-0.25, -0.2) is 0 Å². The van der Waals surface area contributed by atoms with Gasteiger partial charge >= 0.3 is 0 Å². The molecule has 0 amide bonds. The summed E-state index contributed by atoms with van der Waals surface area (Å²) >= 11 is 0. The predicted octanol–water partition coefficient (Wildman–Crippen LogP) is 10.3. The molecule has 0 saturated heterocycles. The lowest BCUT2D eigenvalue weighted by molar-refractivity contribution is 0.472. The molecule has 0 atom stereocenters. The molecule has 0 saturated carbocycles. The number of aryl methyl sites for hydroxylation is 4. The molecule has 0 bridgehead atoms. The monoisotopic (exact) mass is 816 g/mol. The highest BCUT2D eigenvalue weighted by Gasteiger charge is 2.50. The normalized spacial score (nSPS) is 13.5. The first-order valence-electron chi connectivity index (χ1n) is 22.5. The average molecular weight is 817 g/mol. The molecule has 0 radical (unpaired) electrons. The van der Waals surface area contributed by atoms with Crippen molar-refractivity contribution in [3.05, 3.63) is 180 Å². The number of benzene rings is 9. The fraction of sp³-hybridized carbons (Fsp3) is 0.0690. The van der Waals surface area contributed by atoms with Crippen LogP contribution in [0, 0.1) is 27.7 Å². The van der Waals surface area contributed by atoms with E-state index >= 15 is 0 Å². The van der Waals surface area contributed by atoms with E-state index in [1.54, 1.807) is 0 Å². The second-order valence-electron chi connectivity index (χ2n) is 18.7. The molecule has 4 nitrogen and oxygen atoms in total. The van der Waals surface area contributed by atoms with Gasteiger partial charge in [0.15, 0.2) is 0 Å². The van der Waals surface area contributed by atoms with Gasteiger partial charge in [-0.05, 0) is 120 Å². The van der Waals surface area contributed by atoms with Crippen molar-refractivity contribution in [2.75, 3.05) is 0 Å². The van der Waals surface area contributed by atoms with Crippen LogP contribution >= 0.6 is 0 Å². The minimum absolute atomic E-state index is 0.112. The highest BCUT2D eigenvalue weighted by Crippen LogP contribution is 2.49. The van der Waals surface area contributed by atoms with Crippen LogP contribution in [0.1, 0.15) is 22.3 Å². The molecule has 4 aliphatic heterocycles. The Morgan fingerprint density at radius 2 is 0.781 bits per heavy atom. The minimum Gasteiger partial charge on any atom is -0.456 e. The van der Waals surface area contributed by atoms with E-state index in [1.807, 2.05) is 0 Å². The lowest BCUT2D eigenvalue weighted by atomic mass is 9.31. The first-order valence-corrected chi connectivity index (χ1v) is 22.5. The van der Waals surface area contributed by atoms with E-state index in [4.69, 9.17) is 9.47 Å². The van der Waals surface area contributed by atoms with E-state index < -0.39 is 0 Å². The molecular formula is C58H38B2N2O2. The van der Waals surface area contributed by atoms with Crippen LogP contribution in [0.15, 0.2) is 158 Å². The molecule has 298 valence electrons. The van der Waals surface area contributed by atoms with Crippen molar-refractivity contribution in [3.8, 4) is 56.6 Å². The summed E-state index contributed by atoms with van der Waals surface area (Å²) in [6, 6.07) is 58.7. The average Bonchev–Trinajstić information content (AvgIpc) is 3.80. The lowest BCUT2D eigenvalue weighted by Gasteiger charge is -2.41. The van der Waals surface area contributed by atoms with E-state index in [9.17, 15) is 0 Å². The van der Waals surface area contributed by atoms with Gasteiger partial charge in [0.1, 0.15) is 23.0 Å². The van der Waals surface area contributed by atoms with Crippen molar-refractivity contribution in [2.24, 2.45) is 0 Å². The molecule has 6 heterocycles. The number of hydrogen-bond acceptors (Lipinski definition) is 2. The van der Waals surface area contributed by atoms with Crippen molar-refractivity contribution in [3.63, 3.8) is 0 Å². The largest absolute Gasteiger partial charge is 0.456 e. The summed E-state index contributed by atoms with van der Waals surface area (Å²) in [5.74, 6) is 3.62. The summed E-state index contributed by atoms with van der Waals surface area (Å²) in [7, 11) is 0. The highest BCUT2D eigenvalue weighted by molar-refractivity contribution is 7.02. The third-order valence-corrected chi connectivity index (χ3v) is 14.7. The van der Waals surface area contributed by atoms with Crippen molar-refractivity contribution in [1.29, 1.82) is 0 Å². The molecule has 0 aliphatic carbocycles. The van der Waals surface area contributed by atoms with E-state index in [0.717, 1.165) is 56.4 Å². The van der Waals surface area contributed by atoms with Crippen LogP contribution in [0.3, 0.4) is 0 Å². The summed E-state index contributed by atoms with van der Waals surface area (Å²) < 4.78 is 20.5. The first kappa shape index (κ1) is 34.8. The topological polar surface area (TPSA) is 28.3 Å². The van der Waals surface area contributed by atoms with Gasteiger partial charge in [-0.2, -0.15) is 0 Å². The van der Waals surface area contributed by atoms with Gasteiger partial charge in [0, 0.05) is 43.5 Å². The number of ether oxygens (including phenoxy) is 2. The zero-order valence-corrected chi connectivity index (χ0v) is 35.9. The molecule has 0 fully saturated rings. The maximum Gasteiger partial charge on any atom is 0.256 e. The van der Waals surface area contributed by atoms with E-state index in [1.165, 1.54) is 98.8 Å². The molecule has 0 N–H and O–H groups in total. The van der Waals surface area contributed by atoms with Gasteiger partial charge in [0.2, 0.25) is 0 Å². The predicted molar refractivity (Wildman–Crippen MR) is 267 cm³/mol. The third-order valence-electron chi connectivity index (χ3n) is 14.7. The Labute approximate surface area is 371 Å². The van der Waals surface area contributed by atoms with Crippen LogP contribution in [0.5, 0.6) is 23.0 Å². The molecule has 64 heavy (non-hydrogen) atoms. The Morgan fingerprint density at radius 3 is 1.22 bits per heavy atom. The Bertz CT molecular complexity index is 3700. The Morgan fingerprint density at radius 1 is 0.359 bits per heavy atom. The lowest BCUT2D eigenvalue weighted by Crippen LogP contribution is -2.63. The van der Waals surface area contributed by atoms with E-state index in [0.29, 0.717) is 0 Å². The van der Waals surface area contributed by atoms with Gasteiger partial charge in [0.05, 0.1) is 22.4 Å². The Balaban J connectivity index is 1.16. The molecule has 4 aliphatic rings. The van der Waals surface area contributed by atoms with Crippen molar-refractivity contribution in [1.82, 2.24) is 9.13 Å². The second kappa shape index (κ2) is 12.1. The molecule has 15 rings (SSSR count). The van der Waals surface area contributed by atoms with Gasteiger partial charge in [-0.3, -0.25) is 0 Å². The fourth-order valence-corrected chi connectivity index (χ4v) is 12.2. The molecule has 0 spiro atoms. The number of hydrogen-bond donors (Lipinski definition) is 0. The Hall–Kier alpha value is -7.69. The minimum atomic E-state index is -0.112. The number of aromatic nitrogens is 2. The molecule has 2 aromatic heterocycles. The van der Waals surface area contributed by atoms with Gasteiger partial charge in [-0.15, -0.1) is 0 Å². The van der Waals surface area contributed by atoms with Crippen molar-refractivity contribution < 1.29 is 9.47 Å². The van der Waals surface area contributed by atoms with Crippen molar-refractivity contribution >= 4 is 89.8 Å². The van der Waals surface area contributed by atoms with Crippen molar-refractivity contribution in [2.45, 2.75) is 27.7 Å². The van der Waals surface area contributed by atoms with Crippen LogP contribution in [-0.4, -0.2) is 22.6 Å². The SMILES string of the molecule is Cc1ccc2c(c1)c1cc(C)cc3c1n2-c1c2c4c(c5c1B3c1ccc(-c3ccccc3)cc1O5)-n1c3ccc(C)cc3c3cc(C)cc(c31)B4c1ccc(-c3ccccc3)cc1O2.